The molecule has 10 heteroatoms. The van der Waals surface area contributed by atoms with Gasteiger partial charge in [0, 0.05) is 38.9 Å². The number of aryl methyl sites for hydroxylation is 1. The fourth-order valence-electron chi connectivity index (χ4n) is 4.89. The molecule has 0 aliphatic carbocycles. The third kappa shape index (κ3) is 3.83. The van der Waals surface area contributed by atoms with Gasteiger partial charge in [0.25, 0.3) is 5.91 Å². The van der Waals surface area contributed by atoms with Crippen molar-refractivity contribution in [2.24, 2.45) is 5.92 Å². The summed E-state index contributed by atoms with van der Waals surface area (Å²) in [5.74, 6) is 1.84. The molecule has 0 unspecified atom stereocenters. The Hall–Kier alpha value is -3.66. The van der Waals surface area contributed by atoms with E-state index in [1.807, 2.05) is 17.0 Å². The van der Waals surface area contributed by atoms with Crippen LogP contribution in [0.2, 0.25) is 0 Å². The molecular weight excluding hydrogens is 434 g/mol. The predicted molar refractivity (Wildman–Crippen MR) is 122 cm³/mol. The molecule has 0 radical (unpaired) electrons. The minimum absolute atomic E-state index is 0.0592. The second kappa shape index (κ2) is 8.60. The molecule has 6 heterocycles. The number of rotatable bonds is 4. The topological polar surface area (TPSA) is 115 Å². The SMILES string of the molecule is O=C(Nc1cccc(-c2nnc3n2CCC3)n1)c1cc2c(cn1)CCN(C(=O)[C@@H]1CCOC1)C2. The zero-order valence-electron chi connectivity index (χ0n) is 18.7. The summed E-state index contributed by atoms with van der Waals surface area (Å²) in [5.41, 5.74) is 3.00. The molecule has 34 heavy (non-hydrogen) atoms. The third-order valence-corrected chi connectivity index (χ3v) is 6.75. The fourth-order valence-corrected chi connectivity index (χ4v) is 4.89. The highest BCUT2D eigenvalue weighted by molar-refractivity contribution is 6.02. The largest absolute Gasteiger partial charge is 0.381 e. The standard InChI is InChI=1S/C24H25N7O3/c32-23(27-20-4-1-3-18(26-20)22-29-28-21-5-2-8-31(21)22)19-11-17-13-30(9-6-15(17)12-25-19)24(33)16-7-10-34-14-16/h1,3-4,11-12,16H,2,5-10,13-14H2,(H,26,27,32)/t16-/m1/s1. The van der Waals surface area contributed by atoms with Gasteiger partial charge in [-0.1, -0.05) is 6.07 Å². The summed E-state index contributed by atoms with van der Waals surface area (Å²) in [7, 11) is 0. The number of pyridine rings is 2. The minimum atomic E-state index is -0.341. The van der Waals surface area contributed by atoms with E-state index >= 15 is 0 Å². The predicted octanol–water partition coefficient (Wildman–Crippen LogP) is 1.85. The van der Waals surface area contributed by atoms with Gasteiger partial charge in [-0.3, -0.25) is 14.6 Å². The van der Waals surface area contributed by atoms with Crippen LogP contribution in [0.4, 0.5) is 5.82 Å². The molecule has 2 amide bonds. The van der Waals surface area contributed by atoms with E-state index in [1.165, 1.54) is 0 Å². The molecule has 3 aliphatic heterocycles. The molecule has 1 fully saturated rings. The smallest absolute Gasteiger partial charge is 0.275 e. The first-order valence-corrected chi connectivity index (χ1v) is 11.7. The van der Waals surface area contributed by atoms with E-state index in [9.17, 15) is 9.59 Å². The highest BCUT2D eigenvalue weighted by atomic mass is 16.5. The number of carbonyl (C=O) groups excluding carboxylic acids is 2. The van der Waals surface area contributed by atoms with Crippen molar-refractivity contribution in [3.63, 3.8) is 0 Å². The van der Waals surface area contributed by atoms with Crippen LogP contribution in [0.25, 0.3) is 11.5 Å². The van der Waals surface area contributed by atoms with E-state index < -0.39 is 0 Å². The van der Waals surface area contributed by atoms with E-state index in [4.69, 9.17) is 4.74 Å². The Morgan fingerprint density at radius 2 is 2.06 bits per heavy atom. The summed E-state index contributed by atoms with van der Waals surface area (Å²) < 4.78 is 7.45. The summed E-state index contributed by atoms with van der Waals surface area (Å²) >= 11 is 0. The van der Waals surface area contributed by atoms with Gasteiger partial charge in [-0.15, -0.1) is 10.2 Å². The molecule has 1 saturated heterocycles. The summed E-state index contributed by atoms with van der Waals surface area (Å²) in [6.45, 7) is 3.17. The quantitative estimate of drug-likeness (QED) is 0.633. The van der Waals surface area contributed by atoms with Crippen molar-refractivity contribution in [2.45, 2.75) is 38.8 Å². The van der Waals surface area contributed by atoms with E-state index in [0.29, 0.717) is 49.3 Å². The summed E-state index contributed by atoms with van der Waals surface area (Å²) in [5, 5.41) is 11.4. The molecular formula is C24H25N7O3. The van der Waals surface area contributed by atoms with Gasteiger partial charge in [-0.05, 0) is 48.6 Å². The Kier molecular flexibility index (Phi) is 5.29. The van der Waals surface area contributed by atoms with Crippen molar-refractivity contribution in [3.05, 3.63) is 53.1 Å². The molecule has 3 aliphatic rings. The van der Waals surface area contributed by atoms with E-state index in [0.717, 1.165) is 49.2 Å². The van der Waals surface area contributed by atoms with Crippen molar-refractivity contribution in [1.29, 1.82) is 0 Å². The van der Waals surface area contributed by atoms with Gasteiger partial charge in [-0.2, -0.15) is 0 Å². The Morgan fingerprint density at radius 3 is 2.94 bits per heavy atom. The average Bonchev–Trinajstić information content (AvgIpc) is 3.62. The van der Waals surface area contributed by atoms with E-state index in [1.54, 1.807) is 18.3 Å². The van der Waals surface area contributed by atoms with Gasteiger partial charge in [0.05, 0.1) is 12.5 Å². The summed E-state index contributed by atoms with van der Waals surface area (Å²) in [4.78, 5) is 36.6. The van der Waals surface area contributed by atoms with Crippen molar-refractivity contribution in [3.8, 4) is 11.5 Å². The zero-order valence-corrected chi connectivity index (χ0v) is 18.7. The van der Waals surface area contributed by atoms with Crippen molar-refractivity contribution in [2.75, 3.05) is 25.1 Å². The van der Waals surface area contributed by atoms with Gasteiger partial charge >= 0.3 is 0 Å². The van der Waals surface area contributed by atoms with Crippen LogP contribution < -0.4 is 5.32 Å². The Morgan fingerprint density at radius 1 is 1.12 bits per heavy atom. The average molecular weight is 460 g/mol. The lowest BCUT2D eigenvalue weighted by Gasteiger charge is -2.30. The second-order valence-electron chi connectivity index (χ2n) is 8.97. The Bertz CT molecular complexity index is 1270. The number of nitrogens with one attached hydrogen (secondary N) is 1. The van der Waals surface area contributed by atoms with Crippen LogP contribution >= 0.6 is 0 Å². The summed E-state index contributed by atoms with van der Waals surface area (Å²) in [6.07, 6.45) is 5.22. The number of nitrogens with zero attached hydrogens (tertiary/aromatic N) is 6. The third-order valence-electron chi connectivity index (χ3n) is 6.75. The monoisotopic (exact) mass is 459 g/mol. The lowest BCUT2D eigenvalue weighted by Crippen LogP contribution is -2.40. The highest BCUT2D eigenvalue weighted by Crippen LogP contribution is 2.25. The molecule has 10 nitrogen and oxygen atoms in total. The molecule has 6 rings (SSSR count). The highest BCUT2D eigenvalue weighted by Gasteiger charge is 2.30. The van der Waals surface area contributed by atoms with Crippen LogP contribution in [0.1, 0.15) is 40.3 Å². The number of hydrogen-bond acceptors (Lipinski definition) is 7. The van der Waals surface area contributed by atoms with Crippen LogP contribution in [0, 0.1) is 5.92 Å². The van der Waals surface area contributed by atoms with Gasteiger partial charge in [0.1, 0.15) is 23.0 Å². The zero-order chi connectivity index (χ0) is 23.1. The van der Waals surface area contributed by atoms with Crippen LogP contribution in [0.5, 0.6) is 0 Å². The molecule has 174 valence electrons. The maximum Gasteiger partial charge on any atom is 0.275 e. The molecule has 3 aromatic rings. The molecule has 1 atom stereocenters. The first kappa shape index (κ1) is 20.9. The van der Waals surface area contributed by atoms with Gasteiger partial charge in [0.2, 0.25) is 5.91 Å². The van der Waals surface area contributed by atoms with Gasteiger partial charge in [0.15, 0.2) is 5.82 Å². The van der Waals surface area contributed by atoms with Gasteiger partial charge < -0.3 is 19.5 Å². The fraction of sp³-hybridized carbons (Fsp3) is 0.417. The number of hydrogen-bond donors (Lipinski definition) is 1. The molecule has 1 N–H and O–H groups in total. The van der Waals surface area contributed by atoms with Crippen molar-refractivity contribution < 1.29 is 14.3 Å². The van der Waals surface area contributed by atoms with Crippen molar-refractivity contribution in [1.82, 2.24) is 29.6 Å². The van der Waals surface area contributed by atoms with Crippen LogP contribution in [0.15, 0.2) is 30.5 Å². The number of ether oxygens (including phenoxy) is 1. The summed E-state index contributed by atoms with van der Waals surface area (Å²) in [6, 6.07) is 7.23. The number of carbonyl (C=O) groups is 2. The van der Waals surface area contributed by atoms with Crippen LogP contribution in [-0.4, -0.2) is 61.2 Å². The molecule has 0 bridgehead atoms. The first-order chi connectivity index (χ1) is 16.7. The van der Waals surface area contributed by atoms with Crippen LogP contribution in [0.3, 0.4) is 0 Å². The Labute approximate surface area is 196 Å². The van der Waals surface area contributed by atoms with Gasteiger partial charge in [-0.25, -0.2) is 4.98 Å². The number of anilines is 1. The molecule has 0 aromatic carbocycles. The maximum atomic E-state index is 13.0. The normalized spacial score (nSPS) is 19.1. The molecule has 0 spiro atoms. The van der Waals surface area contributed by atoms with E-state index in [-0.39, 0.29) is 17.7 Å². The number of fused-ring (bicyclic) bond motifs is 2. The van der Waals surface area contributed by atoms with E-state index in [2.05, 4.69) is 30.0 Å². The Balaban J connectivity index is 1.18. The number of aromatic nitrogens is 5. The van der Waals surface area contributed by atoms with Crippen LogP contribution in [-0.2, 0) is 35.5 Å². The minimum Gasteiger partial charge on any atom is -0.381 e. The number of amides is 2. The molecule has 3 aromatic heterocycles. The van der Waals surface area contributed by atoms with Crippen molar-refractivity contribution >= 4 is 17.6 Å². The lowest BCUT2D eigenvalue weighted by atomic mass is 9.99. The lowest BCUT2D eigenvalue weighted by molar-refractivity contribution is -0.136. The maximum absolute atomic E-state index is 13.0. The molecule has 0 saturated carbocycles. The first-order valence-electron chi connectivity index (χ1n) is 11.7. The second-order valence-corrected chi connectivity index (χ2v) is 8.97.